The molecule has 34 heavy (non-hydrogen) atoms. The number of carbonyl (C=O) groups excluding carboxylic acids is 2. The summed E-state index contributed by atoms with van der Waals surface area (Å²) in [6.07, 6.45) is 0. The minimum atomic E-state index is -0.429. The Morgan fingerprint density at radius 2 is 1.76 bits per heavy atom. The van der Waals surface area contributed by atoms with E-state index in [-0.39, 0.29) is 12.5 Å². The molecule has 3 aromatic rings. The van der Waals surface area contributed by atoms with E-state index in [0.29, 0.717) is 54.7 Å². The Kier molecular flexibility index (Phi) is 6.91. The maximum atomic E-state index is 12.7. The van der Waals surface area contributed by atoms with Gasteiger partial charge in [0.25, 0.3) is 11.5 Å². The molecule has 1 N–H and O–H groups in total. The van der Waals surface area contributed by atoms with Gasteiger partial charge in [-0.25, -0.2) is 4.68 Å². The van der Waals surface area contributed by atoms with Crippen molar-refractivity contribution in [3.63, 3.8) is 0 Å². The first-order chi connectivity index (χ1) is 16.5. The highest BCUT2D eigenvalue weighted by Crippen LogP contribution is 2.33. The lowest BCUT2D eigenvalue weighted by molar-refractivity contribution is -0.117. The number of carbonyl (C=O) groups is 2. The molecule has 2 heterocycles. The molecule has 9 nitrogen and oxygen atoms in total. The molecule has 0 aliphatic carbocycles. The van der Waals surface area contributed by atoms with Gasteiger partial charge in [0.2, 0.25) is 5.91 Å². The van der Waals surface area contributed by atoms with Crippen molar-refractivity contribution >= 4 is 17.5 Å². The van der Waals surface area contributed by atoms with E-state index < -0.39 is 11.5 Å². The Balaban J connectivity index is 1.49. The van der Waals surface area contributed by atoms with Gasteiger partial charge in [-0.05, 0) is 56.3 Å². The number of hydrogen-bond acceptors (Lipinski definition) is 6. The fraction of sp³-hybridized carbons (Fsp3) is 0.280. The summed E-state index contributed by atoms with van der Waals surface area (Å²) in [5.74, 6) is 0.733. The van der Waals surface area contributed by atoms with Crippen LogP contribution in [0.25, 0.3) is 11.3 Å². The van der Waals surface area contributed by atoms with Crippen LogP contribution in [0.5, 0.6) is 11.5 Å². The lowest BCUT2D eigenvalue weighted by atomic mass is 10.1. The molecule has 2 amide bonds. The molecule has 0 bridgehead atoms. The van der Waals surface area contributed by atoms with Crippen LogP contribution in [-0.4, -0.2) is 52.8 Å². The summed E-state index contributed by atoms with van der Waals surface area (Å²) in [7, 11) is 0. The van der Waals surface area contributed by atoms with E-state index in [4.69, 9.17) is 9.47 Å². The Labute approximate surface area is 196 Å². The minimum Gasteiger partial charge on any atom is -0.486 e. The molecule has 9 heteroatoms. The molecule has 0 atom stereocenters. The van der Waals surface area contributed by atoms with Crippen LogP contribution in [0.15, 0.2) is 59.4 Å². The highest BCUT2D eigenvalue weighted by atomic mass is 16.6. The zero-order valence-electron chi connectivity index (χ0n) is 19.1. The summed E-state index contributed by atoms with van der Waals surface area (Å²) in [6, 6.07) is 15.1. The summed E-state index contributed by atoms with van der Waals surface area (Å²) in [4.78, 5) is 39.3. The molecule has 0 saturated carbocycles. The zero-order chi connectivity index (χ0) is 24.1. The molecule has 176 valence electrons. The molecule has 0 fully saturated rings. The molecule has 1 aliphatic heterocycles. The second-order valence-corrected chi connectivity index (χ2v) is 7.68. The summed E-state index contributed by atoms with van der Waals surface area (Å²) in [5, 5.41) is 7.09. The van der Waals surface area contributed by atoms with Gasteiger partial charge in [0, 0.05) is 36.0 Å². The van der Waals surface area contributed by atoms with Crippen LogP contribution in [0.2, 0.25) is 0 Å². The van der Waals surface area contributed by atoms with Gasteiger partial charge in [-0.3, -0.25) is 14.4 Å². The molecule has 0 spiro atoms. The third kappa shape index (κ3) is 5.09. The van der Waals surface area contributed by atoms with E-state index in [2.05, 4.69) is 10.4 Å². The van der Waals surface area contributed by atoms with Crippen LogP contribution in [0.3, 0.4) is 0 Å². The van der Waals surface area contributed by atoms with Crippen molar-refractivity contribution in [2.75, 3.05) is 31.6 Å². The average molecular weight is 463 g/mol. The Morgan fingerprint density at radius 3 is 2.53 bits per heavy atom. The van der Waals surface area contributed by atoms with Gasteiger partial charge in [0.15, 0.2) is 11.5 Å². The summed E-state index contributed by atoms with van der Waals surface area (Å²) in [6.45, 7) is 5.71. The van der Waals surface area contributed by atoms with Crippen molar-refractivity contribution in [3.8, 4) is 22.8 Å². The molecular formula is C25H26N4O5. The van der Waals surface area contributed by atoms with Crippen molar-refractivity contribution < 1.29 is 19.1 Å². The van der Waals surface area contributed by atoms with Crippen molar-refractivity contribution in [2.45, 2.75) is 20.4 Å². The van der Waals surface area contributed by atoms with Gasteiger partial charge in [0.1, 0.15) is 19.8 Å². The number of hydrogen-bond donors (Lipinski definition) is 1. The van der Waals surface area contributed by atoms with E-state index in [9.17, 15) is 14.4 Å². The van der Waals surface area contributed by atoms with Crippen LogP contribution in [-0.2, 0) is 11.3 Å². The maximum absolute atomic E-state index is 12.7. The highest BCUT2D eigenvalue weighted by molar-refractivity contribution is 5.97. The van der Waals surface area contributed by atoms with E-state index >= 15 is 0 Å². The molecule has 1 aromatic heterocycles. The maximum Gasteiger partial charge on any atom is 0.267 e. The van der Waals surface area contributed by atoms with E-state index in [1.165, 1.54) is 6.07 Å². The van der Waals surface area contributed by atoms with Crippen LogP contribution >= 0.6 is 0 Å². The molecule has 0 saturated heterocycles. The Bertz CT molecular complexity index is 1270. The first kappa shape index (κ1) is 23.0. The van der Waals surface area contributed by atoms with Crippen molar-refractivity contribution in [1.82, 2.24) is 14.7 Å². The topological polar surface area (TPSA) is 103 Å². The minimum absolute atomic E-state index is 0.105. The van der Waals surface area contributed by atoms with E-state index in [0.717, 1.165) is 10.2 Å². The number of aromatic nitrogens is 2. The Hall–Kier alpha value is -4.14. The number of fused-ring (bicyclic) bond motifs is 1. The van der Waals surface area contributed by atoms with Crippen LogP contribution < -0.4 is 20.3 Å². The summed E-state index contributed by atoms with van der Waals surface area (Å²) in [5.41, 5.74) is 1.82. The second kappa shape index (κ2) is 10.2. The molecule has 2 aromatic carbocycles. The van der Waals surface area contributed by atoms with Crippen molar-refractivity contribution in [1.29, 1.82) is 0 Å². The van der Waals surface area contributed by atoms with Gasteiger partial charge in [-0.2, -0.15) is 5.10 Å². The third-order valence-corrected chi connectivity index (χ3v) is 5.44. The number of ether oxygens (including phenoxy) is 2. The second-order valence-electron chi connectivity index (χ2n) is 7.68. The highest BCUT2D eigenvalue weighted by Gasteiger charge is 2.16. The lowest BCUT2D eigenvalue weighted by Crippen LogP contribution is -2.31. The van der Waals surface area contributed by atoms with E-state index in [1.807, 2.05) is 19.9 Å². The van der Waals surface area contributed by atoms with Crippen LogP contribution in [0.1, 0.15) is 24.2 Å². The normalized spacial score (nSPS) is 12.2. The molecule has 0 radical (unpaired) electrons. The number of amides is 2. The largest absolute Gasteiger partial charge is 0.486 e. The molecule has 0 unspecified atom stereocenters. The predicted octanol–water partition coefficient (Wildman–Crippen LogP) is 2.80. The summed E-state index contributed by atoms with van der Waals surface area (Å²) >= 11 is 0. The van der Waals surface area contributed by atoms with Crippen LogP contribution in [0, 0.1) is 0 Å². The predicted molar refractivity (Wildman–Crippen MR) is 127 cm³/mol. The number of anilines is 1. The summed E-state index contributed by atoms with van der Waals surface area (Å²) < 4.78 is 12.3. The quantitative estimate of drug-likeness (QED) is 0.579. The van der Waals surface area contributed by atoms with Gasteiger partial charge in [-0.15, -0.1) is 0 Å². The fourth-order valence-electron chi connectivity index (χ4n) is 3.68. The zero-order valence-corrected chi connectivity index (χ0v) is 19.1. The van der Waals surface area contributed by atoms with E-state index in [1.54, 1.807) is 47.4 Å². The standard InChI is InChI=1S/C25H26N4O5/c1-3-28(4-2)25(32)18-6-5-7-19(14-18)26-23(30)16-29-24(31)11-9-20(27-29)17-8-10-21-22(15-17)34-13-12-33-21/h5-11,14-15H,3-4,12-13,16H2,1-2H3,(H,26,30). The smallest absolute Gasteiger partial charge is 0.267 e. The SMILES string of the molecule is CCN(CC)C(=O)c1cccc(NC(=O)Cn2nc(-c3ccc4c(c3)OCCO4)ccc2=O)c1. The first-order valence-electron chi connectivity index (χ1n) is 11.2. The molecule has 4 rings (SSSR count). The number of nitrogens with zero attached hydrogens (tertiary/aromatic N) is 3. The lowest BCUT2D eigenvalue weighted by Gasteiger charge is -2.19. The molecular weight excluding hydrogens is 436 g/mol. The average Bonchev–Trinajstić information content (AvgIpc) is 2.86. The third-order valence-electron chi connectivity index (χ3n) is 5.44. The number of rotatable bonds is 7. The Morgan fingerprint density at radius 1 is 1.00 bits per heavy atom. The molecule has 1 aliphatic rings. The van der Waals surface area contributed by atoms with Gasteiger partial charge >= 0.3 is 0 Å². The van der Waals surface area contributed by atoms with Gasteiger partial charge in [0.05, 0.1) is 5.69 Å². The van der Waals surface area contributed by atoms with Crippen molar-refractivity contribution in [2.24, 2.45) is 0 Å². The van der Waals surface area contributed by atoms with Gasteiger partial charge < -0.3 is 19.7 Å². The number of nitrogens with one attached hydrogen (secondary N) is 1. The first-order valence-corrected chi connectivity index (χ1v) is 11.2. The fourth-order valence-corrected chi connectivity index (χ4v) is 3.68. The monoisotopic (exact) mass is 462 g/mol. The number of benzene rings is 2. The van der Waals surface area contributed by atoms with Gasteiger partial charge in [-0.1, -0.05) is 6.07 Å². The van der Waals surface area contributed by atoms with Crippen LogP contribution in [0.4, 0.5) is 5.69 Å². The van der Waals surface area contributed by atoms with Crippen molar-refractivity contribution in [3.05, 3.63) is 70.5 Å².